The van der Waals surface area contributed by atoms with Crippen LogP contribution in [-0.2, 0) is 4.74 Å². The molecule has 2 aromatic heterocycles. The van der Waals surface area contributed by atoms with E-state index in [4.69, 9.17) is 16.3 Å². The van der Waals surface area contributed by atoms with Crippen molar-refractivity contribution >= 4 is 51.1 Å². The number of benzene rings is 1. The lowest BCUT2D eigenvalue weighted by Gasteiger charge is -2.08. The molecule has 5 nitrogen and oxygen atoms in total. The van der Waals surface area contributed by atoms with Gasteiger partial charge in [0.05, 0.1) is 13.4 Å². The number of nitrogens with zero attached hydrogens (tertiary/aromatic N) is 3. The molecule has 0 atom stereocenters. The number of thiophene rings is 1. The average Bonchev–Trinajstić information content (AvgIpc) is 2.97. The molecule has 2 heterocycles. The summed E-state index contributed by atoms with van der Waals surface area (Å²) in [7, 11) is 5.11. The van der Waals surface area contributed by atoms with Crippen molar-refractivity contribution < 1.29 is 9.53 Å². The number of hydrogen-bond donors (Lipinski definition) is 0. The van der Waals surface area contributed by atoms with E-state index in [-0.39, 0.29) is 0 Å². The van der Waals surface area contributed by atoms with E-state index in [1.54, 1.807) is 6.34 Å². The monoisotopic (exact) mass is 387 g/mol. The predicted octanol–water partition coefficient (Wildman–Crippen LogP) is 4.93. The second kappa shape index (κ2) is 7.43. The number of halogens is 1. The molecule has 0 spiro atoms. The second-order valence-electron chi connectivity index (χ2n) is 5.98. The number of aryl methyl sites for hydroxylation is 1. The Bertz CT molecular complexity index is 994. The predicted molar refractivity (Wildman–Crippen MR) is 108 cm³/mol. The van der Waals surface area contributed by atoms with E-state index in [1.165, 1.54) is 18.4 Å². The first-order valence-electron chi connectivity index (χ1n) is 7.89. The highest BCUT2D eigenvalue weighted by Crippen LogP contribution is 2.43. The van der Waals surface area contributed by atoms with Gasteiger partial charge in [-0.2, -0.15) is 0 Å². The topological polar surface area (TPSA) is 54.8 Å². The highest BCUT2D eigenvalue weighted by atomic mass is 35.5. The van der Waals surface area contributed by atoms with Crippen LogP contribution in [0.15, 0.2) is 35.3 Å². The van der Waals surface area contributed by atoms with Gasteiger partial charge in [0.2, 0.25) is 0 Å². The number of aromatic nitrogens is 1. The van der Waals surface area contributed by atoms with Crippen LogP contribution < -0.4 is 0 Å². The molecule has 1 aromatic carbocycles. The normalized spacial score (nSPS) is 11.3. The van der Waals surface area contributed by atoms with Crippen molar-refractivity contribution in [2.75, 3.05) is 21.2 Å². The van der Waals surface area contributed by atoms with Crippen LogP contribution in [0.5, 0.6) is 0 Å². The Morgan fingerprint density at radius 1 is 1.31 bits per heavy atom. The third kappa shape index (κ3) is 3.57. The highest BCUT2D eigenvalue weighted by molar-refractivity contribution is 7.21. The van der Waals surface area contributed by atoms with E-state index in [9.17, 15) is 4.79 Å². The zero-order chi connectivity index (χ0) is 18.8. The molecule has 0 aliphatic heterocycles. The van der Waals surface area contributed by atoms with Gasteiger partial charge in [0.15, 0.2) is 0 Å². The largest absolute Gasteiger partial charge is 0.465 e. The van der Waals surface area contributed by atoms with E-state index >= 15 is 0 Å². The maximum absolute atomic E-state index is 12.3. The maximum atomic E-state index is 12.3. The summed E-state index contributed by atoms with van der Waals surface area (Å²) in [6.45, 7) is 1.93. The van der Waals surface area contributed by atoms with Gasteiger partial charge < -0.3 is 9.64 Å². The van der Waals surface area contributed by atoms with Gasteiger partial charge in [-0.3, -0.25) is 0 Å². The summed E-state index contributed by atoms with van der Waals surface area (Å²) in [5.41, 5.74) is 3.38. The first kappa shape index (κ1) is 18.4. The average molecular weight is 388 g/mol. The van der Waals surface area contributed by atoms with Crippen LogP contribution in [0.3, 0.4) is 0 Å². The molecule has 0 bridgehead atoms. The molecule has 7 heteroatoms. The molecular formula is C19H18ClN3O2S. The SMILES string of the molecule is COC(=O)c1sc2nc(C)cc(-c3ccc(Cl)cc3)c2c1N=CN(C)C. The molecule has 0 aliphatic rings. The van der Waals surface area contributed by atoms with Crippen molar-refractivity contribution in [1.29, 1.82) is 0 Å². The summed E-state index contributed by atoms with van der Waals surface area (Å²) in [6, 6.07) is 9.58. The van der Waals surface area contributed by atoms with E-state index in [0.717, 1.165) is 27.0 Å². The molecular weight excluding hydrogens is 370 g/mol. The van der Waals surface area contributed by atoms with Crippen LogP contribution >= 0.6 is 22.9 Å². The highest BCUT2D eigenvalue weighted by Gasteiger charge is 2.22. The first-order chi connectivity index (χ1) is 12.4. The standard InChI is InChI=1S/C19H18ClN3O2S/c1-11-9-14(12-5-7-13(20)8-6-12)15-16(21-10-23(2)3)17(19(24)25-4)26-18(15)22-11/h5-10H,1-4H3. The van der Waals surface area contributed by atoms with Gasteiger partial charge in [0.25, 0.3) is 0 Å². The number of pyridine rings is 1. The van der Waals surface area contributed by atoms with Crippen LogP contribution in [-0.4, -0.2) is 43.4 Å². The summed E-state index contributed by atoms with van der Waals surface area (Å²) in [5, 5.41) is 1.50. The van der Waals surface area contributed by atoms with Crippen LogP contribution in [0.4, 0.5) is 5.69 Å². The molecule has 3 rings (SSSR count). The van der Waals surface area contributed by atoms with Gasteiger partial charge in [-0.25, -0.2) is 14.8 Å². The Kier molecular flexibility index (Phi) is 5.25. The Hall–Kier alpha value is -2.44. The number of rotatable bonds is 4. The summed E-state index contributed by atoms with van der Waals surface area (Å²) in [6.07, 6.45) is 1.67. The van der Waals surface area contributed by atoms with Gasteiger partial charge >= 0.3 is 5.97 Å². The molecule has 0 radical (unpaired) electrons. The Morgan fingerprint density at radius 2 is 2.00 bits per heavy atom. The number of fused-ring (bicyclic) bond motifs is 1. The number of carbonyl (C=O) groups is 1. The smallest absolute Gasteiger partial charge is 0.350 e. The fourth-order valence-electron chi connectivity index (χ4n) is 2.59. The zero-order valence-corrected chi connectivity index (χ0v) is 16.5. The van der Waals surface area contributed by atoms with Gasteiger partial charge in [-0.1, -0.05) is 23.7 Å². The van der Waals surface area contributed by atoms with Gasteiger partial charge in [0.1, 0.15) is 15.4 Å². The summed E-state index contributed by atoms with van der Waals surface area (Å²) in [4.78, 5) is 24.4. The van der Waals surface area contributed by atoms with Crippen molar-refractivity contribution in [1.82, 2.24) is 9.88 Å². The Balaban J connectivity index is 2.35. The minimum Gasteiger partial charge on any atom is -0.465 e. The molecule has 0 fully saturated rings. The van der Waals surface area contributed by atoms with E-state index in [0.29, 0.717) is 15.6 Å². The Labute approximate surface area is 160 Å². The van der Waals surface area contributed by atoms with E-state index in [2.05, 4.69) is 9.98 Å². The molecule has 3 aromatic rings. The number of carbonyl (C=O) groups excluding carboxylic acids is 1. The van der Waals surface area contributed by atoms with E-state index < -0.39 is 5.97 Å². The van der Waals surface area contributed by atoms with Gasteiger partial charge in [-0.15, -0.1) is 11.3 Å². The summed E-state index contributed by atoms with van der Waals surface area (Å²) >= 11 is 7.32. The van der Waals surface area contributed by atoms with Crippen molar-refractivity contribution in [3.63, 3.8) is 0 Å². The molecule has 0 amide bonds. The van der Waals surface area contributed by atoms with Gasteiger partial charge in [0, 0.05) is 30.2 Å². The quantitative estimate of drug-likeness (QED) is 0.361. The summed E-state index contributed by atoms with van der Waals surface area (Å²) in [5.74, 6) is -0.418. The zero-order valence-electron chi connectivity index (χ0n) is 14.9. The lowest BCUT2D eigenvalue weighted by atomic mass is 10.0. The molecule has 0 N–H and O–H groups in total. The number of hydrogen-bond acceptors (Lipinski definition) is 5. The number of methoxy groups -OCH3 is 1. The van der Waals surface area contributed by atoms with Crippen LogP contribution in [0, 0.1) is 6.92 Å². The molecule has 134 valence electrons. The van der Waals surface area contributed by atoms with Crippen molar-refractivity contribution in [2.45, 2.75) is 6.92 Å². The van der Waals surface area contributed by atoms with E-state index in [1.807, 2.05) is 56.3 Å². The fourth-order valence-corrected chi connectivity index (χ4v) is 3.83. The lowest BCUT2D eigenvalue weighted by molar-refractivity contribution is 0.0607. The number of ether oxygens (including phenoxy) is 1. The molecule has 26 heavy (non-hydrogen) atoms. The Morgan fingerprint density at radius 3 is 2.62 bits per heavy atom. The third-order valence-corrected chi connectivity index (χ3v) is 5.01. The second-order valence-corrected chi connectivity index (χ2v) is 7.41. The van der Waals surface area contributed by atoms with Crippen molar-refractivity contribution in [3.8, 4) is 11.1 Å². The molecule has 0 saturated carbocycles. The van der Waals surface area contributed by atoms with Gasteiger partial charge in [-0.05, 0) is 36.2 Å². The number of aliphatic imine (C=N–C) groups is 1. The fraction of sp³-hybridized carbons (Fsp3) is 0.211. The van der Waals surface area contributed by atoms with Crippen molar-refractivity contribution in [3.05, 3.63) is 45.9 Å². The molecule has 0 aliphatic carbocycles. The molecule has 0 unspecified atom stereocenters. The number of esters is 1. The lowest BCUT2D eigenvalue weighted by Crippen LogP contribution is -2.07. The minimum atomic E-state index is -0.418. The first-order valence-corrected chi connectivity index (χ1v) is 9.09. The summed E-state index contributed by atoms with van der Waals surface area (Å²) < 4.78 is 4.94. The molecule has 0 saturated heterocycles. The van der Waals surface area contributed by atoms with Crippen LogP contribution in [0.1, 0.15) is 15.4 Å². The third-order valence-electron chi connectivity index (χ3n) is 3.71. The minimum absolute atomic E-state index is 0.418. The van der Waals surface area contributed by atoms with Crippen LogP contribution in [0.2, 0.25) is 5.02 Å². The maximum Gasteiger partial charge on any atom is 0.350 e. The van der Waals surface area contributed by atoms with Crippen molar-refractivity contribution in [2.24, 2.45) is 4.99 Å². The van der Waals surface area contributed by atoms with Crippen LogP contribution in [0.25, 0.3) is 21.3 Å².